The minimum absolute atomic E-state index is 0.131. The second-order valence-corrected chi connectivity index (χ2v) is 3.47. The third-order valence-corrected chi connectivity index (χ3v) is 2.18. The second-order valence-electron chi connectivity index (χ2n) is 3.47. The summed E-state index contributed by atoms with van der Waals surface area (Å²) >= 11 is 0. The molecule has 3 nitrogen and oxygen atoms in total. The Labute approximate surface area is 97.0 Å². The van der Waals surface area contributed by atoms with Crippen LogP contribution in [-0.2, 0) is 11.3 Å². The first kappa shape index (κ1) is 13.5. The van der Waals surface area contributed by atoms with E-state index in [-0.39, 0.29) is 18.9 Å². The van der Waals surface area contributed by atoms with Crippen molar-refractivity contribution in [2.75, 3.05) is 13.6 Å². The summed E-state index contributed by atoms with van der Waals surface area (Å²) in [5.41, 5.74) is 0.290. The number of rotatable bonds is 5. The average molecular weight is 246 g/mol. The number of hydrogen-bond acceptors (Lipinski definition) is 2. The average Bonchev–Trinajstić information content (AvgIpc) is 2.31. The Kier molecular flexibility index (Phi) is 4.96. The molecule has 2 N–H and O–H groups in total. The van der Waals surface area contributed by atoms with E-state index >= 15 is 0 Å². The van der Waals surface area contributed by atoms with Gasteiger partial charge in [-0.15, -0.1) is 0 Å². The summed E-state index contributed by atoms with van der Waals surface area (Å²) in [7, 11) is 1.52. The van der Waals surface area contributed by atoms with Gasteiger partial charge < -0.3 is 10.6 Å². The predicted molar refractivity (Wildman–Crippen MR) is 56.7 cm³/mol. The Hall–Kier alpha value is -1.56. The molecule has 1 aromatic carbocycles. The largest absolute Gasteiger partial charge is 0.359 e. The van der Waals surface area contributed by atoms with Crippen molar-refractivity contribution in [1.29, 1.82) is 0 Å². The minimum Gasteiger partial charge on any atom is -0.359 e. The van der Waals surface area contributed by atoms with Crippen molar-refractivity contribution in [2.24, 2.45) is 0 Å². The van der Waals surface area contributed by atoms with Gasteiger partial charge in [-0.05, 0) is 17.7 Å². The van der Waals surface area contributed by atoms with Crippen molar-refractivity contribution >= 4 is 5.91 Å². The second kappa shape index (κ2) is 6.24. The van der Waals surface area contributed by atoms with Gasteiger partial charge in [0.05, 0.1) is 0 Å². The molecular formula is C11H13F3N2O. The summed E-state index contributed by atoms with van der Waals surface area (Å²) < 4.78 is 38.3. The maximum Gasteiger partial charge on any atom is 0.221 e. The molecule has 0 radical (unpaired) electrons. The molecule has 0 bridgehead atoms. The molecule has 0 fully saturated rings. The molecule has 0 aliphatic heterocycles. The molecule has 94 valence electrons. The highest BCUT2D eigenvalue weighted by Gasteiger charge is 2.10. The first-order valence-electron chi connectivity index (χ1n) is 5.09. The molecule has 0 aliphatic rings. The standard InChI is InChI=1S/C11H13F3N2O/c1-15-10(17)2-3-16-6-7-4-8(12)11(14)9(13)5-7/h4-5,16H,2-3,6H2,1H3,(H,15,17). The van der Waals surface area contributed by atoms with E-state index in [1.165, 1.54) is 7.05 Å². The Bertz CT molecular complexity index is 387. The number of carbonyl (C=O) groups excluding carboxylic acids is 1. The molecule has 0 spiro atoms. The van der Waals surface area contributed by atoms with Crippen molar-refractivity contribution < 1.29 is 18.0 Å². The molecule has 17 heavy (non-hydrogen) atoms. The maximum absolute atomic E-state index is 12.8. The van der Waals surface area contributed by atoms with Gasteiger partial charge in [-0.2, -0.15) is 0 Å². The highest BCUT2D eigenvalue weighted by Crippen LogP contribution is 2.13. The lowest BCUT2D eigenvalue weighted by atomic mass is 10.2. The monoisotopic (exact) mass is 246 g/mol. The van der Waals surface area contributed by atoms with Crippen molar-refractivity contribution in [1.82, 2.24) is 10.6 Å². The summed E-state index contributed by atoms with van der Waals surface area (Å²) in [6.45, 7) is 0.547. The number of carbonyl (C=O) groups is 1. The quantitative estimate of drug-likeness (QED) is 0.608. The van der Waals surface area contributed by atoms with Gasteiger partial charge in [0, 0.05) is 26.6 Å². The molecule has 1 amide bonds. The highest BCUT2D eigenvalue weighted by molar-refractivity contribution is 5.75. The van der Waals surface area contributed by atoms with E-state index in [0.717, 1.165) is 12.1 Å². The number of amides is 1. The fourth-order valence-corrected chi connectivity index (χ4v) is 1.27. The zero-order valence-electron chi connectivity index (χ0n) is 9.32. The molecule has 0 heterocycles. The number of nitrogens with one attached hydrogen (secondary N) is 2. The smallest absolute Gasteiger partial charge is 0.221 e. The van der Waals surface area contributed by atoms with Crippen LogP contribution in [-0.4, -0.2) is 19.5 Å². The van der Waals surface area contributed by atoms with Gasteiger partial charge in [0.2, 0.25) is 5.91 Å². The number of benzene rings is 1. The lowest BCUT2D eigenvalue weighted by Crippen LogP contribution is -2.24. The van der Waals surface area contributed by atoms with E-state index in [1.807, 2.05) is 0 Å². The summed E-state index contributed by atoms with van der Waals surface area (Å²) in [5.74, 6) is -4.03. The molecular weight excluding hydrogens is 233 g/mol. The van der Waals surface area contributed by atoms with Gasteiger partial charge in [0.15, 0.2) is 17.5 Å². The van der Waals surface area contributed by atoms with Crippen molar-refractivity contribution in [2.45, 2.75) is 13.0 Å². The van der Waals surface area contributed by atoms with E-state index in [2.05, 4.69) is 10.6 Å². The van der Waals surface area contributed by atoms with E-state index < -0.39 is 17.5 Å². The van der Waals surface area contributed by atoms with E-state index in [9.17, 15) is 18.0 Å². The highest BCUT2D eigenvalue weighted by atomic mass is 19.2. The molecule has 0 saturated carbocycles. The first-order chi connectivity index (χ1) is 8.04. The van der Waals surface area contributed by atoms with Gasteiger partial charge in [0.1, 0.15) is 0 Å². The van der Waals surface area contributed by atoms with Crippen molar-refractivity contribution in [3.63, 3.8) is 0 Å². The summed E-state index contributed by atoms with van der Waals surface area (Å²) in [6.07, 6.45) is 0.267. The van der Waals surface area contributed by atoms with Gasteiger partial charge in [-0.1, -0.05) is 0 Å². The molecule has 0 aliphatic carbocycles. The fourth-order valence-electron chi connectivity index (χ4n) is 1.27. The van der Waals surface area contributed by atoms with Crippen LogP contribution in [0.5, 0.6) is 0 Å². The molecule has 0 saturated heterocycles. The Morgan fingerprint density at radius 3 is 2.35 bits per heavy atom. The third kappa shape index (κ3) is 4.07. The maximum atomic E-state index is 12.8. The minimum atomic E-state index is -1.47. The van der Waals surface area contributed by atoms with E-state index in [1.54, 1.807) is 0 Å². The lowest BCUT2D eigenvalue weighted by Gasteiger charge is -2.05. The van der Waals surface area contributed by atoms with Crippen LogP contribution in [0, 0.1) is 17.5 Å². The summed E-state index contributed by atoms with van der Waals surface area (Å²) in [6, 6.07) is 1.84. The number of halogens is 3. The molecule has 0 unspecified atom stereocenters. The Morgan fingerprint density at radius 1 is 1.24 bits per heavy atom. The van der Waals surface area contributed by atoms with Crippen molar-refractivity contribution in [3.8, 4) is 0 Å². The van der Waals surface area contributed by atoms with Gasteiger partial charge in [-0.25, -0.2) is 13.2 Å². The zero-order chi connectivity index (χ0) is 12.8. The topological polar surface area (TPSA) is 41.1 Å². The lowest BCUT2D eigenvalue weighted by molar-refractivity contribution is -0.120. The predicted octanol–water partition coefficient (Wildman–Crippen LogP) is 1.33. The Morgan fingerprint density at radius 2 is 1.82 bits per heavy atom. The SMILES string of the molecule is CNC(=O)CCNCc1cc(F)c(F)c(F)c1. The van der Waals surface area contributed by atoms with Crippen LogP contribution >= 0.6 is 0 Å². The van der Waals surface area contributed by atoms with Crippen LogP contribution in [0.1, 0.15) is 12.0 Å². The van der Waals surface area contributed by atoms with Gasteiger partial charge in [-0.3, -0.25) is 4.79 Å². The molecule has 6 heteroatoms. The van der Waals surface area contributed by atoms with Crippen LogP contribution in [0.2, 0.25) is 0 Å². The van der Waals surface area contributed by atoms with Crippen molar-refractivity contribution in [3.05, 3.63) is 35.1 Å². The summed E-state index contributed by atoms with van der Waals surface area (Å²) in [4.78, 5) is 10.9. The van der Waals surface area contributed by atoms with Gasteiger partial charge >= 0.3 is 0 Å². The molecule has 0 aromatic heterocycles. The van der Waals surface area contributed by atoms with E-state index in [0.29, 0.717) is 12.1 Å². The van der Waals surface area contributed by atoms with Crippen LogP contribution in [0.4, 0.5) is 13.2 Å². The van der Waals surface area contributed by atoms with Crippen LogP contribution < -0.4 is 10.6 Å². The van der Waals surface area contributed by atoms with E-state index in [4.69, 9.17) is 0 Å². The van der Waals surface area contributed by atoms with Gasteiger partial charge in [0.25, 0.3) is 0 Å². The molecule has 1 rings (SSSR count). The molecule has 0 atom stereocenters. The third-order valence-electron chi connectivity index (χ3n) is 2.18. The molecule has 1 aromatic rings. The normalized spacial score (nSPS) is 10.4. The zero-order valence-corrected chi connectivity index (χ0v) is 9.32. The fraction of sp³-hybridized carbons (Fsp3) is 0.364. The summed E-state index contributed by atoms with van der Waals surface area (Å²) in [5, 5.41) is 5.26. The first-order valence-corrected chi connectivity index (χ1v) is 5.09. The van der Waals surface area contributed by atoms with Crippen LogP contribution in [0.25, 0.3) is 0 Å². The Balaban J connectivity index is 2.45. The van der Waals surface area contributed by atoms with Crippen LogP contribution in [0.15, 0.2) is 12.1 Å². The van der Waals surface area contributed by atoms with Crippen LogP contribution in [0.3, 0.4) is 0 Å². The number of hydrogen-bond donors (Lipinski definition) is 2.